The van der Waals surface area contributed by atoms with E-state index in [2.05, 4.69) is 20.8 Å². The van der Waals surface area contributed by atoms with Crippen LogP contribution >= 0.6 is 15.9 Å². The molecule has 1 aromatic rings. The van der Waals surface area contributed by atoms with Gasteiger partial charge in [-0.3, -0.25) is 10.1 Å². The van der Waals surface area contributed by atoms with Crippen molar-refractivity contribution in [3.8, 4) is 0 Å². The maximum Gasteiger partial charge on any atom is 0.269 e. The van der Waals surface area contributed by atoms with E-state index in [-0.39, 0.29) is 10.6 Å². The van der Waals surface area contributed by atoms with Crippen molar-refractivity contribution in [1.82, 2.24) is 0 Å². The number of nitro groups is 1. The van der Waals surface area contributed by atoms with E-state index in [9.17, 15) is 10.1 Å². The minimum Gasteiger partial charge on any atom is -0.368 e. The number of anilines is 1. The van der Waals surface area contributed by atoms with Crippen molar-refractivity contribution in [2.24, 2.45) is 5.92 Å². The SMILES string of the molecule is O=[N+]([O-])c1ccc(N2CCCC3CCCCC32)c(CBr)c1. The summed E-state index contributed by atoms with van der Waals surface area (Å²) in [4.78, 5) is 13.2. The Labute approximate surface area is 133 Å². The number of hydrogen-bond donors (Lipinski definition) is 0. The van der Waals surface area contributed by atoms with Gasteiger partial charge in [-0.25, -0.2) is 0 Å². The molecule has 1 aliphatic carbocycles. The summed E-state index contributed by atoms with van der Waals surface area (Å²) in [5.74, 6) is 0.811. The first-order chi connectivity index (χ1) is 10.2. The Bertz CT molecular complexity index is 533. The molecule has 114 valence electrons. The number of alkyl halides is 1. The van der Waals surface area contributed by atoms with Crippen molar-refractivity contribution in [2.45, 2.75) is 49.9 Å². The summed E-state index contributed by atoms with van der Waals surface area (Å²) in [5, 5.41) is 11.6. The highest BCUT2D eigenvalue weighted by Crippen LogP contribution is 2.39. The minimum atomic E-state index is -0.310. The van der Waals surface area contributed by atoms with Crippen LogP contribution in [-0.2, 0) is 5.33 Å². The fraction of sp³-hybridized carbons (Fsp3) is 0.625. The number of non-ortho nitro benzene ring substituents is 1. The predicted octanol–water partition coefficient (Wildman–Crippen LogP) is 4.65. The van der Waals surface area contributed by atoms with Gasteiger partial charge in [-0.05, 0) is 43.2 Å². The molecule has 4 nitrogen and oxygen atoms in total. The standard InChI is InChI=1S/C16H21BrN2O2/c17-11-13-10-14(19(20)21)7-8-16(13)18-9-3-5-12-4-1-2-6-15(12)18/h7-8,10,12,15H,1-6,9,11H2. The molecule has 2 fully saturated rings. The molecule has 21 heavy (non-hydrogen) atoms. The summed E-state index contributed by atoms with van der Waals surface area (Å²) in [6.45, 7) is 1.08. The van der Waals surface area contributed by atoms with Crippen LogP contribution < -0.4 is 4.90 Å². The third-order valence-electron chi connectivity index (χ3n) is 4.97. The van der Waals surface area contributed by atoms with Crippen LogP contribution in [0, 0.1) is 16.0 Å². The molecular formula is C16H21BrN2O2. The van der Waals surface area contributed by atoms with E-state index in [0.717, 1.165) is 18.0 Å². The number of piperidine rings is 1. The second-order valence-electron chi connectivity index (χ2n) is 6.15. The van der Waals surface area contributed by atoms with E-state index < -0.39 is 0 Å². The molecule has 0 spiro atoms. The van der Waals surface area contributed by atoms with Gasteiger partial charge in [0.05, 0.1) is 4.92 Å². The normalized spacial score (nSPS) is 25.5. The van der Waals surface area contributed by atoms with Crippen LogP contribution in [0.4, 0.5) is 11.4 Å². The lowest BCUT2D eigenvalue weighted by Gasteiger charge is -2.46. The fourth-order valence-corrected chi connectivity index (χ4v) is 4.45. The van der Waals surface area contributed by atoms with Gasteiger partial charge >= 0.3 is 0 Å². The molecule has 3 rings (SSSR count). The maximum absolute atomic E-state index is 11.0. The van der Waals surface area contributed by atoms with E-state index in [1.807, 2.05) is 6.07 Å². The zero-order chi connectivity index (χ0) is 14.8. The molecule has 2 unspecified atom stereocenters. The molecule has 2 aliphatic rings. The van der Waals surface area contributed by atoms with Crippen molar-refractivity contribution in [3.05, 3.63) is 33.9 Å². The zero-order valence-electron chi connectivity index (χ0n) is 12.1. The van der Waals surface area contributed by atoms with Crippen LogP contribution in [0.15, 0.2) is 18.2 Å². The van der Waals surface area contributed by atoms with Crippen molar-refractivity contribution >= 4 is 27.3 Å². The predicted molar refractivity (Wildman–Crippen MR) is 88.1 cm³/mol. The Morgan fingerprint density at radius 1 is 1.24 bits per heavy atom. The number of benzene rings is 1. The summed E-state index contributed by atoms with van der Waals surface area (Å²) in [6, 6.07) is 5.95. The summed E-state index contributed by atoms with van der Waals surface area (Å²) in [5.41, 5.74) is 2.41. The van der Waals surface area contributed by atoms with Gasteiger partial charge in [-0.2, -0.15) is 0 Å². The first-order valence-corrected chi connectivity index (χ1v) is 8.93. The molecule has 0 amide bonds. The van der Waals surface area contributed by atoms with Crippen molar-refractivity contribution in [1.29, 1.82) is 0 Å². The van der Waals surface area contributed by atoms with Crippen LogP contribution in [0.2, 0.25) is 0 Å². The molecule has 1 saturated carbocycles. The minimum absolute atomic E-state index is 0.186. The number of halogens is 1. The number of nitrogens with zero attached hydrogens (tertiary/aromatic N) is 2. The van der Waals surface area contributed by atoms with Crippen LogP contribution in [0.3, 0.4) is 0 Å². The molecular weight excluding hydrogens is 332 g/mol. The average Bonchev–Trinajstić information content (AvgIpc) is 2.53. The van der Waals surface area contributed by atoms with Gasteiger partial charge in [0.2, 0.25) is 0 Å². The third-order valence-corrected chi connectivity index (χ3v) is 5.57. The Kier molecular flexibility index (Phi) is 4.48. The van der Waals surface area contributed by atoms with E-state index in [0.29, 0.717) is 11.4 Å². The monoisotopic (exact) mass is 352 g/mol. The molecule has 0 bridgehead atoms. The molecule has 0 radical (unpaired) electrons. The summed E-state index contributed by atoms with van der Waals surface area (Å²) < 4.78 is 0. The van der Waals surface area contributed by atoms with Crippen LogP contribution in [0.5, 0.6) is 0 Å². The van der Waals surface area contributed by atoms with Crippen molar-refractivity contribution in [2.75, 3.05) is 11.4 Å². The summed E-state index contributed by atoms with van der Waals surface area (Å²) in [6.07, 6.45) is 7.87. The smallest absolute Gasteiger partial charge is 0.269 e. The Morgan fingerprint density at radius 2 is 2.00 bits per heavy atom. The van der Waals surface area contributed by atoms with Crippen molar-refractivity contribution in [3.63, 3.8) is 0 Å². The van der Waals surface area contributed by atoms with Gasteiger partial charge in [-0.1, -0.05) is 28.8 Å². The summed E-state index contributed by atoms with van der Waals surface area (Å²) in [7, 11) is 0. The Balaban J connectivity index is 1.92. The van der Waals surface area contributed by atoms with E-state index in [1.165, 1.54) is 44.2 Å². The molecule has 1 saturated heterocycles. The molecule has 0 N–H and O–H groups in total. The van der Waals surface area contributed by atoms with Crippen LogP contribution in [-0.4, -0.2) is 17.5 Å². The molecule has 2 atom stereocenters. The topological polar surface area (TPSA) is 46.4 Å². The van der Waals surface area contributed by atoms with Crippen molar-refractivity contribution < 1.29 is 4.92 Å². The van der Waals surface area contributed by atoms with Gasteiger partial charge in [0.15, 0.2) is 0 Å². The van der Waals surface area contributed by atoms with E-state index in [1.54, 1.807) is 12.1 Å². The largest absolute Gasteiger partial charge is 0.368 e. The van der Waals surface area contributed by atoms with Gasteiger partial charge in [-0.15, -0.1) is 0 Å². The quantitative estimate of drug-likeness (QED) is 0.451. The lowest BCUT2D eigenvalue weighted by molar-refractivity contribution is -0.384. The van der Waals surface area contributed by atoms with Crippen LogP contribution in [0.1, 0.15) is 44.1 Å². The second kappa shape index (κ2) is 6.34. The fourth-order valence-electron chi connectivity index (χ4n) is 4.00. The maximum atomic E-state index is 11.0. The zero-order valence-corrected chi connectivity index (χ0v) is 13.7. The van der Waals surface area contributed by atoms with Gasteiger partial charge in [0, 0.05) is 35.7 Å². The lowest BCUT2D eigenvalue weighted by Crippen LogP contribution is -2.47. The van der Waals surface area contributed by atoms with Crippen LogP contribution in [0.25, 0.3) is 0 Å². The number of nitro benzene ring substituents is 1. The Morgan fingerprint density at radius 3 is 2.76 bits per heavy atom. The molecule has 0 aromatic heterocycles. The summed E-state index contributed by atoms with van der Waals surface area (Å²) >= 11 is 3.50. The number of rotatable bonds is 3. The highest BCUT2D eigenvalue weighted by atomic mass is 79.9. The number of fused-ring (bicyclic) bond motifs is 1. The Hall–Kier alpha value is -1.10. The van der Waals surface area contributed by atoms with E-state index in [4.69, 9.17) is 0 Å². The molecule has 1 heterocycles. The number of hydrogen-bond acceptors (Lipinski definition) is 3. The first-order valence-electron chi connectivity index (χ1n) is 7.80. The van der Waals surface area contributed by atoms with Gasteiger partial charge in [0.1, 0.15) is 0 Å². The highest BCUT2D eigenvalue weighted by Gasteiger charge is 2.34. The third kappa shape index (κ3) is 2.93. The highest BCUT2D eigenvalue weighted by molar-refractivity contribution is 9.08. The second-order valence-corrected chi connectivity index (χ2v) is 6.71. The lowest BCUT2D eigenvalue weighted by atomic mass is 9.78. The van der Waals surface area contributed by atoms with E-state index >= 15 is 0 Å². The average molecular weight is 353 g/mol. The first kappa shape index (κ1) is 14.8. The molecule has 1 aliphatic heterocycles. The molecule has 1 aromatic carbocycles. The molecule has 5 heteroatoms. The van der Waals surface area contributed by atoms with Gasteiger partial charge in [0.25, 0.3) is 5.69 Å². The van der Waals surface area contributed by atoms with Gasteiger partial charge < -0.3 is 4.90 Å².